The number of nitrogens with one attached hydrogen (secondary N) is 1. The number of carbonyl (C=O) groups is 2. The van der Waals surface area contributed by atoms with Gasteiger partial charge in [-0.15, -0.1) is 0 Å². The van der Waals surface area contributed by atoms with Crippen LogP contribution in [0.1, 0.15) is 35.2 Å². The number of likely N-dealkylation sites (N-methyl/N-ethyl adjacent to an activating group) is 1. The molecule has 2 aliphatic heterocycles. The lowest BCUT2D eigenvalue weighted by atomic mass is 10.1. The lowest BCUT2D eigenvalue weighted by molar-refractivity contribution is -0.128. The first-order chi connectivity index (χ1) is 12.6. The molecule has 6 heteroatoms. The van der Waals surface area contributed by atoms with Crippen molar-refractivity contribution in [1.29, 1.82) is 0 Å². The van der Waals surface area contributed by atoms with Crippen LogP contribution in [0.2, 0.25) is 0 Å². The summed E-state index contributed by atoms with van der Waals surface area (Å²) in [4.78, 5) is 30.6. The summed E-state index contributed by atoms with van der Waals surface area (Å²) in [5.74, 6) is 0.208. The van der Waals surface area contributed by atoms with Gasteiger partial charge < -0.3 is 20.0 Å². The Labute approximate surface area is 156 Å². The zero-order chi connectivity index (χ0) is 18.4. The molecule has 0 atom stereocenters. The fourth-order valence-corrected chi connectivity index (χ4v) is 3.53. The van der Waals surface area contributed by atoms with E-state index >= 15 is 0 Å². The zero-order valence-corrected chi connectivity index (χ0v) is 15.7. The Balaban J connectivity index is 1.37. The van der Waals surface area contributed by atoms with Crippen molar-refractivity contribution in [3.8, 4) is 0 Å². The van der Waals surface area contributed by atoms with Crippen molar-refractivity contribution in [1.82, 2.24) is 20.0 Å². The summed E-state index contributed by atoms with van der Waals surface area (Å²) in [7, 11) is 2.16. The molecule has 3 rings (SSSR count). The molecule has 0 radical (unpaired) electrons. The predicted octanol–water partition coefficient (Wildman–Crippen LogP) is 1.18. The highest BCUT2D eigenvalue weighted by molar-refractivity contribution is 5.94. The second-order valence-electron chi connectivity index (χ2n) is 7.37. The van der Waals surface area contributed by atoms with Gasteiger partial charge in [-0.3, -0.25) is 9.59 Å². The van der Waals surface area contributed by atoms with Gasteiger partial charge in [0.05, 0.1) is 0 Å². The van der Waals surface area contributed by atoms with Crippen molar-refractivity contribution in [3.63, 3.8) is 0 Å². The normalized spacial score (nSPS) is 19.1. The van der Waals surface area contributed by atoms with Crippen molar-refractivity contribution in [2.75, 3.05) is 52.9 Å². The summed E-state index contributed by atoms with van der Waals surface area (Å²) in [5, 5.41) is 3.01. The number of hydrogen-bond acceptors (Lipinski definition) is 4. The van der Waals surface area contributed by atoms with Gasteiger partial charge >= 0.3 is 0 Å². The van der Waals surface area contributed by atoms with E-state index in [0.29, 0.717) is 25.1 Å². The maximum Gasteiger partial charge on any atom is 0.251 e. The molecule has 2 heterocycles. The molecule has 2 amide bonds. The monoisotopic (exact) mass is 358 g/mol. The minimum absolute atomic E-state index is 0.0211. The van der Waals surface area contributed by atoms with Gasteiger partial charge in [0.25, 0.3) is 5.91 Å². The van der Waals surface area contributed by atoms with Crippen LogP contribution in [-0.4, -0.2) is 79.4 Å². The van der Waals surface area contributed by atoms with Gasteiger partial charge in [-0.25, -0.2) is 0 Å². The van der Waals surface area contributed by atoms with Crippen LogP contribution >= 0.6 is 0 Å². The Kier molecular flexibility index (Phi) is 6.63. The zero-order valence-electron chi connectivity index (χ0n) is 15.7. The Morgan fingerprint density at radius 3 is 2.46 bits per heavy atom. The van der Waals surface area contributed by atoms with Gasteiger partial charge in [0.2, 0.25) is 5.91 Å². The van der Waals surface area contributed by atoms with Crippen LogP contribution in [0.4, 0.5) is 0 Å². The molecule has 0 aromatic heterocycles. The fourth-order valence-electron chi connectivity index (χ4n) is 3.53. The highest BCUT2D eigenvalue weighted by Crippen LogP contribution is 2.14. The first kappa shape index (κ1) is 18.9. The van der Waals surface area contributed by atoms with E-state index in [1.807, 2.05) is 29.2 Å². The number of carbonyl (C=O) groups excluding carboxylic acids is 2. The van der Waals surface area contributed by atoms with E-state index in [2.05, 4.69) is 22.2 Å². The Morgan fingerprint density at radius 2 is 1.81 bits per heavy atom. The highest BCUT2D eigenvalue weighted by Gasteiger charge is 2.20. The third kappa shape index (κ3) is 5.29. The number of amides is 2. The van der Waals surface area contributed by atoms with Crippen molar-refractivity contribution < 1.29 is 9.59 Å². The quantitative estimate of drug-likeness (QED) is 0.744. The molecule has 0 bridgehead atoms. The average Bonchev–Trinajstić information content (AvgIpc) is 3.05. The van der Waals surface area contributed by atoms with E-state index in [1.165, 1.54) is 0 Å². The Bertz CT molecular complexity index is 609. The number of nitrogens with zero attached hydrogens (tertiary/aromatic N) is 3. The predicted molar refractivity (Wildman–Crippen MR) is 102 cm³/mol. The van der Waals surface area contributed by atoms with Crippen molar-refractivity contribution >= 4 is 11.8 Å². The molecule has 2 fully saturated rings. The first-order valence-corrected chi connectivity index (χ1v) is 9.67. The molecular formula is C20H30N4O2. The third-order valence-corrected chi connectivity index (χ3v) is 5.29. The van der Waals surface area contributed by atoms with Crippen LogP contribution in [0.3, 0.4) is 0 Å². The van der Waals surface area contributed by atoms with Gasteiger partial charge in [-0.1, -0.05) is 12.1 Å². The third-order valence-electron chi connectivity index (χ3n) is 5.29. The molecule has 1 aromatic rings. The van der Waals surface area contributed by atoms with Crippen LogP contribution in [-0.2, 0) is 11.3 Å². The van der Waals surface area contributed by atoms with Gasteiger partial charge in [0.1, 0.15) is 0 Å². The molecule has 0 saturated carbocycles. The summed E-state index contributed by atoms with van der Waals surface area (Å²) in [6, 6.07) is 7.60. The maximum atomic E-state index is 12.3. The molecule has 26 heavy (non-hydrogen) atoms. The number of benzene rings is 1. The van der Waals surface area contributed by atoms with Gasteiger partial charge in [0, 0.05) is 57.8 Å². The number of piperazine rings is 1. The second kappa shape index (κ2) is 9.14. The molecule has 2 saturated heterocycles. The number of rotatable bonds is 7. The van der Waals surface area contributed by atoms with Crippen molar-refractivity contribution in [2.45, 2.75) is 25.8 Å². The van der Waals surface area contributed by atoms with E-state index in [1.54, 1.807) is 0 Å². The topological polar surface area (TPSA) is 55.9 Å². The van der Waals surface area contributed by atoms with Crippen LogP contribution in [0.15, 0.2) is 24.3 Å². The average molecular weight is 358 g/mol. The van der Waals surface area contributed by atoms with E-state index in [9.17, 15) is 9.59 Å². The minimum Gasteiger partial charge on any atom is -0.352 e. The molecular weight excluding hydrogens is 328 g/mol. The lowest BCUT2D eigenvalue weighted by Crippen LogP contribution is -2.45. The Hall–Kier alpha value is -1.92. The van der Waals surface area contributed by atoms with Crippen LogP contribution in [0, 0.1) is 0 Å². The minimum atomic E-state index is -0.0211. The first-order valence-electron chi connectivity index (χ1n) is 9.67. The number of likely N-dealkylation sites (tertiary alicyclic amines) is 1. The van der Waals surface area contributed by atoms with Crippen LogP contribution in [0.25, 0.3) is 0 Å². The van der Waals surface area contributed by atoms with E-state index in [-0.39, 0.29) is 11.8 Å². The van der Waals surface area contributed by atoms with Crippen molar-refractivity contribution in [2.24, 2.45) is 0 Å². The van der Waals surface area contributed by atoms with Gasteiger partial charge in [0.15, 0.2) is 0 Å². The van der Waals surface area contributed by atoms with Crippen LogP contribution in [0.5, 0.6) is 0 Å². The van der Waals surface area contributed by atoms with E-state index in [4.69, 9.17) is 0 Å². The smallest absolute Gasteiger partial charge is 0.251 e. The highest BCUT2D eigenvalue weighted by atomic mass is 16.2. The molecule has 2 aliphatic rings. The molecule has 0 aliphatic carbocycles. The van der Waals surface area contributed by atoms with Crippen LogP contribution < -0.4 is 5.32 Å². The fraction of sp³-hybridized carbons (Fsp3) is 0.600. The Morgan fingerprint density at radius 1 is 1.08 bits per heavy atom. The molecule has 0 unspecified atom stereocenters. The molecule has 6 nitrogen and oxygen atoms in total. The maximum absolute atomic E-state index is 12.3. The van der Waals surface area contributed by atoms with Crippen molar-refractivity contribution in [3.05, 3.63) is 35.4 Å². The summed E-state index contributed by atoms with van der Waals surface area (Å²) >= 11 is 0. The van der Waals surface area contributed by atoms with E-state index < -0.39 is 0 Å². The summed E-state index contributed by atoms with van der Waals surface area (Å²) in [6.45, 7) is 7.71. The SMILES string of the molecule is CN1CCN(CCCNC(=O)c2ccc(CN3CCCC3=O)cc2)CC1. The summed E-state index contributed by atoms with van der Waals surface area (Å²) in [6.07, 6.45) is 2.59. The molecule has 0 spiro atoms. The molecule has 1 N–H and O–H groups in total. The largest absolute Gasteiger partial charge is 0.352 e. The molecule has 1 aromatic carbocycles. The summed E-state index contributed by atoms with van der Waals surface area (Å²) in [5.41, 5.74) is 1.76. The van der Waals surface area contributed by atoms with Gasteiger partial charge in [-0.2, -0.15) is 0 Å². The van der Waals surface area contributed by atoms with E-state index in [0.717, 1.165) is 57.7 Å². The lowest BCUT2D eigenvalue weighted by Gasteiger charge is -2.32. The molecule has 142 valence electrons. The summed E-state index contributed by atoms with van der Waals surface area (Å²) < 4.78 is 0. The number of hydrogen-bond donors (Lipinski definition) is 1. The second-order valence-corrected chi connectivity index (χ2v) is 7.37. The van der Waals surface area contributed by atoms with Gasteiger partial charge in [-0.05, 0) is 44.1 Å². The standard InChI is InChI=1S/C20H30N4O2/c1-22-12-14-23(15-13-22)10-3-9-21-20(26)18-7-5-17(6-8-18)16-24-11-2-4-19(24)25/h5-8H,2-4,9-16H2,1H3,(H,21,26).